The number of ether oxygens (including phenoxy) is 1. The van der Waals surface area contributed by atoms with Gasteiger partial charge in [0.2, 0.25) is 5.88 Å². The Balaban J connectivity index is 2.08. The number of nitrogens with one attached hydrogen (secondary N) is 1. The van der Waals surface area contributed by atoms with Gasteiger partial charge >= 0.3 is 5.97 Å². The number of carbonyl (C=O) groups is 2. The van der Waals surface area contributed by atoms with Crippen molar-refractivity contribution >= 4 is 11.9 Å². The summed E-state index contributed by atoms with van der Waals surface area (Å²) in [6.45, 7) is 3.78. The topological polar surface area (TPSA) is 88.5 Å². The summed E-state index contributed by atoms with van der Waals surface area (Å²) in [5, 5.41) is 12.2. The average Bonchev–Trinajstić information content (AvgIpc) is 2.48. The number of carboxylic acid groups (broad SMARTS) is 1. The maximum Gasteiger partial charge on any atom is 0.329 e. The van der Waals surface area contributed by atoms with Gasteiger partial charge in [0.25, 0.3) is 5.91 Å². The zero-order valence-electron chi connectivity index (χ0n) is 13.0. The maximum atomic E-state index is 12.3. The Kier molecular flexibility index (Phi) is 5.00. The Hall–Kier alpha value is -2.11. The predicted molar refractivity (Wildman–Crippen MR) is 80.9 cm³/mol. The molecule has 22 heavy (non-hydrogen) atoms. The van der Waals surface area contributed by atoms with E-state index in [1.165, 1.54) is 6.20 Å². The van der Waals surface area contributed by atoms with E-state index in [1.807, 2.05) is 13.8 Å². The van der Waals surface area contributed by atoms with E-state index in [4.69, 9.17) is 4.74 Å². The average molecular weight is 306 g/mol. The van der Waals surface area contributed by atoms with E-state index in [0.717, 1.165) is 19.3 Å². The summed E-state index contributed by atoms with van der Waals surface area (Å²) in [5.41, 5.74) is -0.815. The second kappa shape index (κ2) is 6.77. The van der Waals surface area contributed by atoms with Crippen LogP contribution in [0, 0.1) is 0 Å². The van der Waals surface area contributed by atoms with Crippen LogP contribution in [0.4, 0.5) is 0 Å². The van der Waals surface area contributed by atoms with Gasteiger partial charge in [-0.1, -0.05) is 19.3 Å². The number of pyridine rings is 1. The van der Waals surface area contributed by atoms with E-state index in [9.17, 15) is 14.7 Å². The van der Waals surface area contributed by atoms with Crippen molar-refractivity contribution in [2.75, 3.05) is 0 Å². The number of amides is 1. The van der Waals surface area contributed by atoms with E-state index in [0.29, 0.717) is 24.3 Å². The molecule has 1 saturated carbocycles. The highest BCUT2D eigenvalue weighted by Gasteiger charge is 2.41. The lowest BCUT2D eigenvalue weighted by atomic mass is 9.81. The number of aromatic nitrogens is 1. The summed E-state index contributed by atoms with van der Waals surface area (Å²) in [7, 11) is 0. The number of aliphatic carboxylic acids is 1. The molecule has 0 aliphatic heterocycles. The standard InChI is InChI=1S/C16H22N2O4/c1-11(2)22-13-7-6-12(10-17-13)14(19)18-16(15(20)21)8-4-3-5-9-16/h6-7,10-11H,3-5,8-9H2,1-2H3,(H,18,19)(H,20,21). The fourth-order valence-electron chi connectivity index (χ4n) is 2.66. The Morgan fingerprint density at radius 1 is 1.27 bits per heavy atom. The molecule has 0 bridgehead atoms. The van der Waals surface area contributed by atoms with Crippen molar-refractivity contribution in [2.24, 2.45) is 0 Å². The third-order valence-corrected chi connectivity index (χ3v) is 3.82. The molecule has 1 aromatic heterocycles. The monoisotopic (exact) mass is 306 g/mol. The predicted octanol–water partition coefficient (Wildman–Crippen LogP) is 2.39. The van der Waals surface area contributed by atoms with Gasteiger partial charge in [-0.05, 0) is 32.8 Å². The van der Waals surface area contributed by atoms with Crippen molar-refractivity contribution in [3.05, 3.63) is 23.9 Å². The first-order valence-electron chi connectivity index (χ1n) is 7.61. The Labute approximate surface area is 129 Å². The van der Waals surface area contributed by atoms with Crippen molar-refractivity contribution in [3.63, 3.8) is 0 Å². The molecule has 1 fully saturated rings. The molecule has 0 atom stereocenters. The molecule has 1 aliphatic carbocycles. The molecule has 2 N–H and O–H groups in total. The van der Waals surface area contributed by atoms with Crippen LogP contribution in [0.5, 0.6) is 5.88 Å². The highest BCUT2D eigenvalue weighted by atomic mass is 16.5. The van der Waals surface area contributed by atoms with E-state index in [1.54, 1.807) is 12.1 Å². The minimum atomic E-state index is -1.15. The van der Waals surface area contributed by atoms with Crippen molar-refractivity contribution in [1.82, 2.24) is 10.3 Å². The fraction of sp³-hybridized carbons (Fsp3) is 0.562. The quantitative estimate of drug-likeness (QED) is 0.872. The van der Waals surface area contributed by atoms with Crippen LogP contribution < -0.4 is 10.1 Å². The fourth-order valence-corrected chi connectivity index (χ4v) is 2.66. The molecule has 0 unspecified atom stereocenters. The van der Waals surface area contributed by atoms with E-state index >= 15 is 0 Å². The van der Waals surface area contributed by atoms with Crippen LogP contribution in [-0.4, -0.2) is 33.6 Å². The Morgan fingerprint density at radius 3 is 2.45 bits per heavy atom. The van der Waals surface area contributed by atoms with E-state index in [2.05, 4.69) is 10.3 Å². The summed E-state index contributed by atoms with van der Waals surface area (Å²) in [5.74, 6) is -0.932. The molecular weight excluding hydrogens is 284 g/mol. The van der Waals surface area contributed by atoms with Gasteiger partial charge in [0.1, 0.15) is 5.54 Å². The van der Waals surface area contributed by atoms with E-state index in [-0.39, 0.29) is 6.10 Å². The Bertz CT molecular complexity index is 534. The number of rotatable bonds is 5. The highest BCUT2D eigenvalue weighted by Crippen LogP contribution is 2.29. The molecule has 0 spiro atoms. The Morgan fingerprint density at radius 2 is 1.95 bits per heavy atom. The molecule has 2 rings (SSSR count). The summed E-state index contributed by atoms with van der Waals surface area (Å²) in [4.78, 5) is 27.9. The van der Waals surface area contributed by atoms with Gasteiger partial charge in [-0.15, -0.1) is 0 Å². The van der Waals surface area contributed by atoms with Gasteiger partial charge < -0.3 is 15.2 Å². The zero-order valence-corrected chi connectivity index (χ0v) is 13.0. The molecule has 1 heterocycles. The summed E-state index contributed by atoms with van der Waals surface area (Å²) in [6, 6.07) is 3.21. The molecule has 0 aromatic carbocycles. The van der Waals surface area contributed by atoms with Gasteiger partial charge in [0.15, 0.2) is 0 Å². The highest BCUT2D eigenvalue weighted by molar-refractivity contribution is 5.97. The molecule has 1 amide bonds. The molecule has 0 radical (unpaired) electrons. The van der Waals surface area contributed by atoms with Gasteiger partial charge in [-0.2, -0.15) is 0 Å². The van der Waals surface area contributed by atoms with Crippen LogP contribution in [0.2, 0.25) is 0 Å². The number of carbonyl (C=O) groups excluding carboxylic acids is 1. The van der Waals surface area contributed by atoms with Crippen molar-refractivity contribution in [1.29, 1.82) is 0 Å². The lowest BCUT2D eigenvalue weighted by molar-refractivity contribution is -0.145. The molecule has 0 saturated heterocycles. The number of carboxylic acids is 1. The van der Waals surface area contributed by atoms with Crippen LogP contribution in [-0.2, 0) is 4.79 Å². The van der Waals surface area contributed by atoms with Crippen LogP contribution in [0.1, 0.15) is 56.3 Å². The lowest BCUT2D eigenvalue weighted by Crippen LogP contribution is -2.55. The second-order valence-corrected chi connectivity index (χ2v) is 5.95. The smallest absolute Gasteiger partial charge is 0.329 e. The number of hydrogen-bond acceptors (Lipinski definition) is 4. The molecule has 1 aliphatic rings. The molecule has 6 nitrogen and oxygen atoms in total. The van der Waals surface area contributed by atoms with Gasteiger partial charge in [-0.3, -0.25) is 4.79 Å². The largest absolute Gasteiger partial charge is 0.480 e. The van der Waals surface area contributed by atoms with Gasteiger partial charge in [-0.25, -0.2) is 9.78 Å². The van der Waals surface area contributed by atoms with Crippen molar-refractivity contribution < 1.29 is 19.4 Å². The minimum absolute atomic E-state index is 0.00435. The molecule has 120 valence electrons. The van der Waals surface area contributed by atoms with Crippen LogP contribution in [0.15, 0.2) is 18.3 Å². The van der Waals surface area contributed by atoms with E-state index < -0.39 is 17.4 Å². The van der Waals surface area contributed by atoms with Crippen molar-refractivity contribution in [2.45, 2.75) is 57.6 Å². The maximum absolute atomic E-state index is 12.3. The van der Waals surface area contributed by atoms with Crippen LogP contribution in [0.3, 0.4) is 0 Å². The summed E-state index contributed by atoms with van der Waals surface area (Å²) < 4.78 is 5.42. The lowest BCUT2D eigenvalue weighted by Gasteiger charge is -2.33. The summed E-state index contributed by atoms with van der Waals surface area (Å²) >= 11 is 0. The van der Waals surface area contributed by atoms with Gasteiger partial charge in [0.05, 0.1) is 11.7 Å². The minimum Gasteiger partial charge on any atom is -0.480 e. The van der Waals surface area contributed by atoms with Crippen LogP contribution >= 0.6 is 0 Å². The normalized spacial score (nSPS) is 17.0. The van der Waals surface area contributed by atoms with Crippen molar-refractivity contribution in [3.8, 4) is 5.88 Å². The van der Waals surface area contributed by atoms with Crippen LogP contribution in [0.25, 0.3) is 0 Å². The first-order valence-corrected chi connectivity index (χ1v) is 7.61. The third-order valence-electron chi connectivity index (χ3n) is 3.82. The first-order chi connectivity index (χ1) is 10.4. The SMILES string of the molecule is CC(C)Oc1ccc(C(=O)NC2(C(=O)O)CCCCC2)cn1. The second-order valence-electron chi connectivity index (χ2n) is 5.95. The van der Waals surface area contributed by atoms with Gasteiger partial charge in [0, 0.05) is 12.3 Å². The zero-order chi connectivity index (χ0) is 16.2. The third kappa shape index (κ3) is 3.75. The number of nitrogens with zero attached hydrogens (tertiary/aromatic N) is 1. The summed E-state index contributed by atoms with van der Waals surface area (Å²) in [6.07, 6.45) is 4.98. The molecule has 1 aromatic rings. The molecular formula is C16H22N2O4. The number of hydrogen-bond donors (Lipinski definition) is 2. The molecule has 6 heteroatoms. The first kappa shape index (κ1) is 16.3.